The normalized spacial score (nSPS) is 22.6. The number of nitrogens with one attached hydrogen (secondary N) is 1. The summed E-state index contributed by atoms with van der Waals surface area (Å²) < 4.78 is 13.9. The number of carbonyl (C=O) groups excluding carboxylic acids is 2. The molecule has 0 spiro atoms. The van der Waals surface area contributed by atoms with Crippen LogP contribution in [0.1, 0.15) is 11.3 Å². The summed E-state index contributed by atoms with van der Waals surface area (Å²) in [5, 5.41) is 2.48. The molecule has 30 heavy (non-hydrogen) atoms. The lowest BCUT2D eigenvalue weighted by Gasteiger charge is -2.37. The average molecular weight is 429 g/mol. The molecule has 3 heterocycles. The van der Waals surface area contributed by atoms with Crippen LogP contribution < -0.4 is 5.32 Å². The highest BCUT2D eigenvalue weighted by molar-refractivity contribution is 8.00. The number of aromatic nitrogens is 1. The maximum Gasteiger partial charge on any atom is 0.246 e. The first-order valence-corrected chi connectivity index (χ1v) is 11.2. The Balaban J connectivity index is 1.26. The van der Waals surface area contributed by atoms with Gasteiger partial charge < -0.3 is 10.2 Å². The van der Waals surface area contributed by atoms with E-state index in [1.165, 1.54) is 17.8 Å². The molecule has 2 atom stereocenters. The fraction of sp³-hybridized carbons (Fsp3) is 0.409. The predicted molar refractivity (Wildman–Crippen MR) is 114 cm³/mol. The van der Waals surface area contributed by atoms with Gasteiger partial charge in [-0.25, -0.2) is 4.39 Å². The Bertz CT molecular complexity index is 890. The molecule has 2 aromatic rings. The van der Waals surface area contributed by atoms with Gasteiger partial charge in [-0.3, -0.25) is 19.5 Å². The molecular formula is C22H25FN4O2S. The molecule has 2 saturated heterocycles. The number of halogens is 1. The van der Waals surface area contributed by atoms with Gasteiger partial charge in [-0.1, -0.05) is 24.3 Å². The van der Waals surface area contributed by atoms with Crippen molar-refractivity contribution in [2.24, 2.45) is 0 Å². The highest BCUT2D eigenvalue weighted by Gasteiger charge is 2.35. The van der Waals surface area contributed by atoms with Crippen LogP contribution in [0.25, 0.3) is 0 Å². The van der Waals surface area contributed by atoms with Crippen molar-refractivity contribution < 1.29 is 14.0 Å². The monoisotopic (exact) mass is 428 g/mol. The summed E-state index contributed by atoms with van der Waals surface area (Å²) in [7, 11) is 0. The van der Waals surface area contributed by atoms with Crippen molar-refractivity contribution in [1.29, 1.82) is 0 Å². The molecule has 1 aromatic heterocycles. The van der Waals surface area contributed by atoms with Crippen LogP contribution in [0.5, 0.6) is 0 Å². The van der Waals surface area contributed by atoms with Crippen molar-refractivity contribution >= 4 is 23.6 Å². The molecule has 0 aliphatic carbocycles. The molecule has 0 saturated carbocycles. The zero-order chi connectivity index (χ0) is 20.9. The summed E-state index contributed by atoms with van der Waals surface area (Å²) in [6.45, 7) is 3.62. The minimum Gasteiger partial charge on any atom is -0.343 e. The lowest BCUT2D eigenvalue weighted by atomic mass is 10.1. The molecule has 0 bridgehead atoms. The Kier molecular flexibility index (Phi) is 6.64. The SMILES string of the molecule is O=C1N[C@H](C(=O)N2CCN(Cc3ccccn3)CC2)CS[C@@H]1Cc1ccccc1F. The van der Waals surface area contributed by atoms with Gasteiger partial charge in [-0.2, -0.15) is 0 Å². The van der Waals surface area contributed by atoms with Crippen molar-refractivity contribution in [2.75, 3.05) is 31.9 Å². The number of thioether (sulfide) groups is 1. The van der Waals surface area contributed by atoms with Gasteiger partial charge in [0.15, 0.2) is 0 Å². The Morgan fingerprint density at radius 2 is 1.90 bits per heavy atom. The summed E-state index contributed by atoms with van der Waals surface area (Å²) in [4.78, 5) is 33.9. The van der Waals surface area contributed by atoms with Gasteiger partial charge in [-0.15, -0.1) is 11.8 Å². The van der Waals surface area contributed by atoms with Crippen LogP contribution in [-0.4, -0.2) is 69.8 Å². The summed E-state index contributed by atoms with van der Waals surface area (Å²) >= 11 is 1.43. The third-order valence-electron chi connectivity index (χ3n) is 5.53. The number of carbonyl (C=O) groups is 2. The van der Waals surface area contributed by atoms with Crippen LogP contribution in [0.2, 0.25) is 0 Å². The number of rotatable bonds is 5. The number of amides is 2. The van der Waals surface area contributed by atoms with Crippen LogP contribution in [0, 0.1) is 5.82 Å². The lowest BCUT2D eigenvalue weighted by Crippen LogP contribution is -2.58. The summed E-state index contributed by atoms with van der Waals surface area (Å²) in [5.74, 6) is -0.00956. The first-order chi connectivity index (χ1) is 14.6. The molecule has 2 aliphatic rings. The highest BCUT2D eigenvalue weighted by Crippen LogP contribution is 2.24. The number of piperazine rings is 1. The van der Waals surface area contributed by atoms with E-state index in [-0.39, 0.29) is 22.9 Å². The maximum atomic E-state index is 13.9. The van der Waals surface area contributed by atoms with Crippen LogP contribution in [-0.2, 0) is 22.6 Å². The number of nitrogens with zero attached hydrogens (tertiary/aromatic N) is 3. The molecule has 0 unspecified atom stereocenters. The molecule has 4 rings (SSSR count). The predicted octanol–water partition coefficient (Wildman–Crippen LogP) is 1.71. The molecule has 0 radical (unpaired) electrons. The smallest absolute Gasteiger partial charge is 0.246 e. The number of benzene rings is 1. The van der Waals surface area contributed by atoms with Crippen LogP contribution in [0.15, 0.2) is 48.7 Å². The van der Waals surface area contributed by atoms with Crippen LogP contribution >= 0.6 is 11.8 Å². The van der Waals surface area contributed by atoms with E-state index < -0.39 is 6.04 Å². The highest BCUT2D eigenvalue weighted by atomic mass is 32.2. The topological polar surface area (TPSA) is 65.5 Å². The first-order valence-electron chi connectivity index (χ1n) is 10.2. The van der Waals surface area contributed by atoms with Gasteiger partial charge in [0.05, 0.1) is 10.9 Å². The average Bonchev–Trinajstić information content (AvgIpc) is 2.77. The number of hydrogen-bond donors (Lipinski definition) is 1. The summed E-state index contributed by atoms with van der Waals surface area (Å²) in [6, 6.07) is 11.9. The Labute approximate surface area is 179 Å². The summed E-state index contributed by atoms with van der Waals surface area (Å²) in [5.41, 5.74) is 1.55. The standard InChI is InChI=1S/C22H25FN4O2S/c23-18-7-2-1-5-16(18)13-20-21(28)25-19(15-30-20)22(29)27-11-9-26(10-12-27)14-17-6-3-4-8-24-17/h1-8,19-20H,9-15H2,(H,25,28)/t19-,20+/m0/s1. The molecular weight excluding hydrogens is 403 g/mol. The maximum absolute atomic E-state index is 13.9. The Hall–Kier alpha value is -2.45. The first kappa shape index (κ1) is 20.8. The van der Waals surface area contributed by atoms with Crippen molar-refractivity contribution in [3.8, 4) is 0 Å². The molecule has 1 aromatic carbocycles. The van der Waals surface area contributed by atoms with E-state index in [4.69, 9.17) is 0 Å². The number of hydrogen-bond acceptors (Lipinski definition) is 5. The minimum absolute atomic E-state index is 0.0299. The molecule has 6 nitrogen and oxygen atoms in total. The largest absolute Gasteiger partial charge is 0.343 e. The van der Waals surface area contributed by atoms with E-state index in [0.29, 0.717) is 30.8 Å². The van der Waals surface area contributed by atoms with Gasteiger partial charge in [-0.05, 0) is 30.2 Å². The minimum atomic E-state index is -0.512. The van der Waals surface area contributed by atoms with E-state index >= 15 is 0 Å². The van der Waals surface area contributed by atoms with E-state index in [9.17, 15) is 14.0 Å². The van der Waals surface area contributed by atoms with Crippen molar-refractivity contribution in [1.82, 2.24) is 20.1 Å². The second-order valence-corrected chi connectivity index (χ2v) is 8.84. The Morgan fingerprint density at radius 1 is 1.13 bits per heavy atom. The molecule has 1 N–H and O–H groups in total. The second-order valence-electron chi connectivity index (χ2n) is 7.60. The lowest BCUT2D eigenvalue weighted by molar-refractivity contribution is -0.137. The van der Waals surface area contributed by atoms with E-state index in [0.717, 1.165) is 25.3 Å². The zero-order valence-electron chi connectivity index (χ0n) is 16.7. The van der Waals surface area contributed by atoms with E-state index in [1.54, 1.807) is 24.4 Å². The van der Waals surface area contributed by atoms with Gasteiger partial charge in [0.1, 0.15) is 11.9 Å². The Morgan fingerprint density at radius 3 is 2.60 bits per heavy atom. The molecule has 2 fully saturated rings. The van der Waals surface area contributed by atoms with Crippen molar-refractivity contribution in [3.63, 3.8) is 0 Å². The molecule has 2 amide bonds. The summed E-state index contributed by atoms with van der Waals surface area (Å²) in [6.07, 6.45) is 2.12. The van der Waals surface area contributed by atoms with Crippen LogP contribution in [0.3, 0.4) is 0 Å². The zero-order valence-corrected chi connectivity index (χ0v) is 17.5. The fourth-order valence-electron chi connectivity index (χ4n) is 3.81. The molecule has 158 valence electrons. The third-order valence-corrected chi connectivity index (χ3v) is 6.84. The van der Waals surface area contributed by atoms with Gasteiger partial charge in [0, 0.05) is 44.7 Å². The molecule has 8 heteroatoms. The fourth-order valence-corrected chi connectivity index (χ4v) is 4.98. The van der Waals surface area contributed by atoms with Crippen molar-refractivity contribution in [3.05, 3.63) is 65.7 Å². The van der Waals surface area contributed by atoms with E-state index in [2.05, 4.69) is 15.2 Å². The van der Waals surface area contributed by atoms with Gasteiger partial charge in [0.25, 0.3) is 0 Å². The molecule has 2 aliphatic heterocycles. The van der Waals surface area contributed by atoms with Gasteiger partial charge >= 0.3 is 0 Å². The quantitative estimate of drug-likeness (QED) is 0.786. The van der Waals surface area contributed by atoms with Crippen molar-refractivity contribution in [2.45, 2.75) is 24.3 Å². The van der Waals surface area contributed by atoms with Crippen LogP contribution in [0.4, 0.5) is 4.39 Å². The van der Waals surface area contributed by atoms with E-state index in [1.807, 2.05) is 23.1 Å². The third kappa shape index (κ3) is 4.99. The van der Waals surface area contributed by atoms with Gasteiger partial charge in [0.2, 0.25) is 11.8 Å². The second kappa shape index (κ2) is 9.57. The number of pyridine rings is 1.